The Bertz CT molecular complexity index is 1180. The Balaban J connectivity index is 1.48. The summed E-state index contributed by atoms with van der Waals surface area (Å²) in [4.78, 5) is 20.3. The van der Waals surface area contributed by atoms with Gasteiger partial charge in [0.25, 0.3) is 0 Å². The van der Waals surface area contributed by atoms with Crippen LogP contribution in [-0.2, 0) is 17.8 Å². The highest BCUT2D eigenvalue weighted by molar-refractivity contribution is 5.68. The first-order valence-corrected chi connectivity index (χ1v) is 9.32. The van der Waals surface area contributed by atoms with E-state index in [1.54, 1.807) is 4.40 Å². The van der Waals surface area contributed by atoms with Gasteiger partial charge in [0.1, 0.15) is 23.9 Å². The maximum Gasteiger partial charge on any atom is 0.407 e. The molecular formula is C22H18F2N4O2. The number of alkyl carbamates (subject to hydrolysis) is 1. The molecule has 4 aromatic rings. The second kappa shape index (κ2) is 8.69. The number of aromatic nitrogens is 3. The van der Waals surface area contributed by atoms with Gasteiger partial charge in [0.2, 0.25) is 0 Å². The minimum absolute atomic E-state index is 0.167. The molecule has 0 unspecified atom stereocenters. The molecule has 0 aliphatic heterocycles. The first-order chi connectivity index (χ1) is 14.6. The van der Waals surface area contributed by atoms with Gasteiger partial charge in [-0.05, 0) is 23.8 Å². The zero-order valence-electron chi connectivity index (χ0n) is 15.9. The average molecular weight is 408 g/mol. The molecule has 8 heteroatoms. The second-order valence-electron chi connectivity index (χ2n) is 6.61. The Labute approximate surface area is 171 Å². The van der Waals surface area contributed by atoms with Gasteiger partial charge in [0.05, 0.1) is 17.6 Å². The van der Waals surface area contributed by atoms with Crippen LogP contribution in [-0.4, -0.2) is 27.0 Å². The van der Waals surface area contributed by atoms with Crippen LogP contribution in [0.5, 0.6) is 0 Å². The summed E-state index contributed by atoms with van der Waals surface area (Å²) in [5.74, 6) is -0.952. The highest BCUT2D eigenvalue weighted by Crippen LogP contribution is 2.26. The number of nitrogens with one attached hydrogen (secondary N) is 1. The first-order valence-electron chi connectivity index (χ1n) is 9.32. The Morgan fingerprint density at radius 3 is 2.70 bits per heavy atom. The van der Waals surface area contributed by atoms with Crippen LogP contribution in [0.15, 0.2) is 67.1 Å². The average Bonchev–Trinajstić information content (AvgIpc) is 3.10. The normalized spacial score (nSPS) is 10.9. The van der Waals surface area contributed by atoms with Crippen molar-refractivity contribution in [1.29, 1.82) is 0 Å². The summed E-state index contributed by atoms with van der Waals surface area (Å²) in [7, 11) is 0. The Hall–Kier alpha value is -3.81. The second-order valence-corrected chi connectivity index (χ2v) is 6.61. The third-order valence-corrected chi connectivity index (χ3v) is 4.48. The number of benzene rings is 1. The van der Waals surface area contributed by atoms with Crippen LogP contribution in [0, 0.1) is 11.6 Å². The van der Waals surface area contributed by atoms with Gasteiger partial charge in [-0.1, -0.05) is 30.3 Å². The van der Waals surface area contributed by atoms with Gasteiger partial charge in [-0.15, -0.1) is 0 Å². The highest BCUT2D eigenvalue weighted by atomic mass is 19.1. The van der Waals surface area contributed by atoms with E-state index in [4.69, 9.17) is 4.74 Å². The van der Waals surface area contributed by atoms with Crippen LogP contribution < -0.4 is 5.32 Å². The number of fused-ring (bicyclic) bond motifs is 1. The quantitative estimate of drug-likeness (QED) is 0.521. The summed E-state index contributed by atoms with van der Waals surface area (Å²) in [6.07, 6.45) is 3.66. The molecule has 3 aromatic heterocycles. The van der Waals surface area contributed by atoms with Gasteiger partial charge < -0.3 is 10.1 Å². The lowest BCUT2D eigenvalue weighted by Gasteiger charge is -2.08. The number of halogens is 2. The molecule has 0 bridgehead atoms. The van der Waals surface area contributed by atoms with Gasteiger partial charge in [-0.2, -0.15) is 0 Å². The topological polar surface area (TPSA) is 68.5 Å². The minimum Gasteiger partial charge on any atom is -0.445 e. The van der Waals surface area contributed by atoms with E-state index in [0.717, 1.165) is 11.8 Å². The van der Waals surface area contributed by atoms with Gasteiger partial charge in [-0.25, -0.2) is 18.6 Å². The molecule has 1 N–H and O–H groups in total. The van der Waals surface area contributed by atoms with E-state index in [0.29, 0.717) is 29.0 Å². The number of nitrogens with zero attached hydrogens (tertiary/aromatic N) is 3. The summed E-state index contributed by atoms with van der Waals surface area (Å²) >= 11 is 0. The summed E-state index contributed by atoms with van der Waals surface area (Å²) in [6.45, 7) is 0.413. The lowest BCUT2D eigenvalue weighted by Crippen LogP contribution is -2.26. The Kier molecular flexibility index (Phi) is 5.65. The van der Waals surface area contributed by atoms with Crippen LogP contribution in [0.25, 0.3) is 16.9 Å². The monoisotopic (exact) mass is 408 g/mol. The fourth-order valence-corrected chi connectivity index (χ4v) is 3.15. The molecule has 0 fully saturated rings. The SMILES string of the molecule is O=C(NCCc1nc2ccc(F)cn2c1-c1cncc(F)c1)OCc1ccccc1. The molecule has 152 valence electrons. The smallest absolute Gasteiger partial charge is 0.407 e. The predicted octanol–water partition coefficient (Wildman–Crippen LogP) is 4.14. The van der Waals surface area contributed by atoms with Crippen molar-refractivity contribution in [2.45, 2.75) is 13.0 Å². The molecule has 0 saturated carbocycles. The number of imidazole rings is 1. The summed E-state index contributed by atoms with van der Waals surface area (Å²) in [6, 6.07) is 13.5. The zero-order chi connectivity index (χ0) is 20.9. The lowest BCUT2D eigenvalue weighted by atomic mass is 10.1. The number of carbonyl (C=O) groups excluding carboxylic acids is 1. The summed E-state index contributed by atoms with van der Waals surface area (Å²) in [5.41, 5.74) is 2.97. The Morgan fingerprint density at radius 2 is 1.90 bits per heavy atom. The van der Waals surface area contributed by atoms with Crippen molar-refractivity contribution in [3.05, 3.63) is 90.0 Å². The fourth-order valence-electron chi connectivity index (χ4n) is 3.15. The third-order valence-electron chi connectivity index (χ3n) is 4.48. The van der Waals surface area contributed by atoms with Crippen LogP contribution in [0.2, 0.25) is 0 Å². The van der Waals surface area contributed by atoms with Crippen molar-refractivity contribution in [2.24, 2.45) is 0 Å². The largest absolute Gasteiger partial charge is 0.445 e. The molecule has 0 aliphatic rings. The number of pyridine rings is 2. The molecule has 6 nitrogen and oxygen atoms in total. The summed E-state index contributed by atoms with van der Waals surface area (Å²) < 4.78 is 34.2. The zero-order valence-corrected chi connectivity index (χ0v) is 15.9. The first kappa shape index (κ1) is 19.5. The van der Waals surface area contributed by atoms with Gasteiger partial charge in [0.15, 0.2) is 0 Å². The van der Waals surface area contributed by atoms with Gasteiger partial charge >= 0.3 is 6.09 Å². The maximum absolute atomic E-state index is 13.8. The van der Waals surface area contributed by atoms with Crippen LogP contribution >= 0.6 is 0 Å². The molecule has 3 heterocycles. The maximum atomic E-state index is 13.8. The molecule has 0 atom stereocenters. The van der Waals surface area contributed by atoms with Crippen LogP contribution in [0.4, 0.5) is 13.6 Å². The van der Waals surface area contributed by atoms with Crippen molar-refractivity contribution in [1.82, 2.24) is 19.7 Å². The highest BCUT2D eigenvalue weighted by Gasteiger charge is 2.16. The van der Waals surface area contributed by atoms with E-state index in [9.17, 15) is 13.6 Å². The molecule has 0 aliphatic carbocycles. The lowest BCUT2D eigenvalue weighted by molar-refractivity contribution is 0.140. The molecule has 0 saturated heterocycles. The number of carbonyl (C=O) groups is 1. The van der Waals surface area contributed by atoms with Crippen LogP contribution in [0.1, 0.15) is 11.3 Å². The van der Waals surface area contributed by atoms with Gasteiger partial charge in [0, 0.05) is 30.9 Å². The number of amides is 1. The van der Waals surface area contributed by atoms with E-state index >= 15 is 0 Å². The Morgan fingerprint density at radius 1 is 1.07 bits per heavy atom. The molecule has 1 amide bonds. The molecule has 1 aromatic carbocycles. The van der Waals surface area contributed by atoms with E-state index in [-0.39, 0.29) is 13.2 Å². The number of hydrogen-bond acceptors (Lipinski definition) is 4. The van der Waals surface area contributed by atoms with Crippen molar-refractivity contribution in [2.75, 3.05) is 6.54 Å². The minimum atomic E-state index is -0.553. The number of hydrogen-bond donors (Lipinski definition) is 1. The van der Waals surface area contributed by atoms with Gasteiger partial charge in [-0.3, -0.25) is 9.38 Å². The van der Waals surface area contributed by atoms with Crippen molar-refractivity contribution < 1.29 is 18.3 Å². The van der Waals surface area contributed by atoms with Crippen molar-refractivity contribution >= 4 is 11.7 Å². The molecule has 0 radical (unpaired) electrons. The molecular weight excluding hydrogens is 390 g/mol. The summed E-state index contributed by atoms with van der Waals surface area (Å²) in [5, 5.41) is 2.67. The van der Waals surface area contributed by atoms with E-state index in [2.05, 4.69) is 15.3 Å². The van der Waals surface area contributed by atoms with E-state index < -0.39 is 17.7 Å². The predicted molar refractivity (Wildman–Crippen MR) is 107 cm³/mol. The fraction of sp³-hybridized carbons (Fsp3) is 0.136. The van der Waals surface area contributed by atoms with E-state index in [1.165, 1.54) is 30.6 Å². The number of rotatable bonds is 6. The molecule has 0 spiro atoms. The molecule has 4 rings (SSSR count). The van der Waals surface area contributed by atoms with E-state index in [1.807, 2.05) is 30.3 Å². The van der Waals surface area contributed by atoms with Crippen LogP contribution in [0.3, 0.4) is 0 Å². The third kappa shape index (κ3) is 4.43. The van der Waals surface area contributed by atoms with Crippen molar-refractivity contribution in [3.8, 4) is 11.3 Å². The van der Waals surface area contributed by atoms with Crippen molar-refractivity contribution in [3.63, 3.8) is 0 Å². The standard InChI is InChI=1S/C22H18F2N4O2/c23-17-6-7-20-27-19(21(28(20)13-17)16-10-18(24)12-25-11-16)8-9-26-22(29)30-14-15-4-2-1-3-5-15/h1-7,10-13H,8-9,14H2,(H,26,29). The molecule has 30 heavy (non-hydrogen) atoms. The number of ether oxygens (including phenoxy) is 1.